The van der Waals surface area contributed by atoms with Gasteiger partial charge in [-0.05, 0) is 30.3 Å². The Morgan fingerprint density at radius 1 is 1.19 bits per heavy atom. The molecule has 2 N–H and O–H groups in total. The van der Waals surface area contributed by atoms with Crippen LogP contribution in [0.25, 0.3) is 0 Å². The van der Waals surface area contributed by atoms with Crippen molar-refractivity contribution in [1.29, 1.82) is 0 Å². The summed E-state index contributed by atoms with van der Waals surface area (Å²) in [6.45, 7) is 0. The Morgan fingerprint density at radius 2 is 1.96 bits per heavy atom. The first-order valence-corrected chi connectivity index (χ1v) is 8.55. The van der Waals surface area contributed by atoms with Crippen LogP contribution >= 0.6 is 11.6 Å². The van der Waals surface area contributed by atoms with E-state index in [9.17, 15) is 4.79 Å². The fourth-order valence-electron chi connectivity index (χ4n) is 2.96. The highest BCUT2D eigenvalue weighted by molar-refractivity contribution is 6.22. The second-order valence-electron chi connectivity index (χ2n) is 5.96. The van der Waals surface area contributed by atoms with E-state index in [0.717, 1.165) is 28.3 Å². The number of nitrogens with one attached hydrogen (secondary N) is 1. The highest BCUT2D eigenvalue weighted by Crippen LogP contribution is 2.33. The molecule has 4 rings (SSSR count). The van der Waals surface area contributed by atoms with Crippen LogP contribution in [0.3, 0.4) is 0 Å². The van der Waals surface area contributed by atoms with E-state index in [4.69, 9.17) is 26.5 Å². The van der Waals surface area contributed by atoms with Crippen molar-refractivity contribution < 1.29 is 14.7 Å². The van der Waals surface area contributed by atoms with Gasteiger partial charge in [0.15, 0.2) is 0 Å². The maximum absolute atomic E-state index is 11.5. The summed E-state index contributed by atoms with van der Waals surface area (Å²) in [5.41, 5.74) is 5.18. The van der Waals surface area contributed by atoms with Gasteiger partial charge in [0.25, 0.3) is 5.91 Å². The van der Waals surface area contributed by atoms with Crippen LogP contribution in [0.1, 0.15) is 27.9 Å². The third-order valence-corrected chi connectivity index (χ3v) is 4.56. The van der Waals surface area contributed by atoms with E-state index in [2.05, 4.69) is 0 Å². The van der Waals surface area contributed by atoms with Gasteiger partial charge in [0.1, 0.15) is 17.2 Å². The summed E-state index contributed by atoms with van der Waals surface area (Å²) in [7, 11) is 0. The number of carbonyl (C=O) groups is 1. The molecular formula is C20H15ClN2O3. The van der Waals surface area contributed by atoms with Crippen molar-refractivity contribution in [2.24, 2.45) is 4.99 Å². The topological polar surface area (TPSA) is 70.9 Å². The predicted octanol–water partition coefficient (Wildman–Crippen LogP) is 3.81. The zero-order valence-corrected chi connectivity index (χ0v) is 14.4. The number of alkyl halides is 1. The third-order valence-electron chi connectivity index (χ3n) is 4.26. The fraction of sp³-hybridized carbons (Fsp3) is 0.100. The number of halogens is 1. The van der Waals surface area contributed by atoms with E-state index in [0.29, 0.717) is 17.7 Å². The Hall–Kier alpha value is -2.89. The monoisotopic (exact) mass is 366 g/mol. The fourth-order valence-corrected chi connectivity index (χ4v) is 3.17. The Labute approximate surface area is 155 Å². The Balaban J connectivity index is 1.83. The van der Waals surface area contributed by atoms with Crippen LogP contribution in [0.15, 0.2) is 77.1 Å². The zero-order chi connectivity index (χ0) is 18.1. The highest BCUT2D eigenvalue weighted by atomic mass is 35.5. The summed E-state index contributed by atoms with van der Waals surface area (Å²) >= 11 is 6.22. The standard InChI is InChI=1S/C20H15ClN2O3/c21-14-9-10-16-18(11-14)26-17-4-2-1-3-15(17)19(22-16)12-5-7-13(8-6-12)20(24)23-25/h1-10,14,25H,11H2,(H,23,24). The number of aliphatic imine (C=N–C) groups is 1. The number of benzene rings is 2. The Bertz CT molecular complexity index is 961. The van der Waals surface area contributed by atoms with E-state index in [-0.39, 0.29) is 5.38 Å². The molecule has 1 aliphatic carbocycles. The number of amides is 1. The molecular weight excluding hydrogens is 352 g/mol. The summed E-state index contributed by atoms with van der Waals surface area (Å²) in [6.07, 6.45) is 4.35. The molecule has 1 aliphatic heterocycles. The van der Waals surface area contributed by atoms with Gasteiger partial charge in [-0.25, -0.2) is 10.5 Å². The SMILES string of the molecule is O=C(NO)c1ccc(C2=NC3=C(CC(Cl)C=C3)Oc3ccccc32)cc1. The smallest absolute Gasteiger partial charge is 0.274 e. The van der Waals surface area contributed by atoms with Gasteiger partial charge in [0.05, 0.1) is 11.1 Å². The summed E-state index contributed by atoms with van der Waals surface area (Å²) in [6, 6.07) is 14.5. The van der Waals surface area contributed by atoms with Crippen molar-refractivity contribution in [3.63, 3.8) is 0 Å². The van der Waals surface area contributed by atoms with Crippen molar-refractivity contribution in [1.82, 2.24) is 5.48 Å². The molecule has 1 atom stereocenters. The Kier molecular flexibility index (Phi) is 4.32. The van der Waals surface area contributed by atoms with Gasteiger partial charge in [-0.2, -0.15) is 0 Å². The first kappa shape index (κ1) is 16.6. The number of hydroxylamine groups is 1. The maximum Gasteiger partial charge on any atom is 0.274 e. The van der Waals surface area contributed by atoms with Crippen molar-refractivity contribution in [2.75, 3.05) is 0 Å². The predicted molar refractivity (Wildman–Crippen MR) is 98.8 cm³/mol. The lowest BCUT2D eigenvalue weighted by Crippen LogP contribution is -2.18. The number of hydrogen-bond donors (Lipinski definition) is 2. The van der Waals surface area contributed by atoms with Gasteiger partial charge in [0, 0.05) is 23.1 Å². The number of para-hydroxylation sites is 1. The second kappa shape index (κ2) is 6.78. The lowest BCUT2D eigenvalue weighted by atomic mass is 10.00. The van der Waals surface area contributed by atoms with Crippen molar-refractivity contribution >= 4 is 23.2 Å². The average Bonchev–Trinajstić information content (AvgIpc) is 2.83. The van der Waals surface area contributed by atoms with Crippen LogP contribution in [0.2, 0.25) is 0 Å². The van der Waals surface area contributed by atoms with Crippen LogP contribution in [0, 0.1) is 0 Å². The Morgan fingerprint density at radius 3 is 2.73 bits per heavy atom. The van der Waals surface area contributed by atoms with Crippen molar-refractivity contribution in [3.05, 3.63) is 88.8 Å². The molecule has 5 nitrogen and oxygen atoms in total. The van der Waals surface area contributed by atoms with Gasteiger partial charge in [-0.15, -0.1) is 11.6 Å². The quantitative estimate of drug-likeness (QED) is 0.482. The van der Waals surface area contributed by atoms with E-state index < -0.39 is 5.91 Å². The normalized spacial score (nSPS) is 18.2. The van der Waals surface area contributed by atoms with Crippen LogP contribution < -0.4 is 10.2 Å². The van der Waals surface area contributed by atoms with E-state index in [1.807, 2.05) is 36.4 Å². The number of rotatable bonds is 2. The van der Waals surface area contributed by atoms with Gasteiger partial charge >= 0.3 is 0 Å². The molecule has 0 radical (unpaired) electrons. The molecule has 1 amide bonds. The lowest BCUT2D eigenvalue weighted by molar-refractivity contribution is 0.0706. The van der Waals surface area contributed by atoms with Crippen LogP contribution in [-0.2, 0) is 0 Å². The first-order valence-electron chi connectivity index (χ1n) is 8.12. The summed E-state index contributed by atoms with van der Waals surface area (Å²) in [4.78, 5) is 16.3. The van der Waals surface area contributed by atoms with Gasteiger partial charge in [-0.1, -0.05) is 30.3 Å². The number of carbonyl (C=O) groups excluding carboxylic acids is 1. The zero-order valence-electron chi connectivity index (χ0n) is 13.6. The molecule has 1 unspecified atom stereocenters. The van der Waals surface area contributed by atoms with Crippen molar-refractivity contribution in [2.45, 2.75) is 11.8 Å². The number of hydrogen-bond acceptors (Lipinski definition) is 4. The first-order chi connectivity index (χ1) is 12.7. The summed E-state index contributed by atoms with van der Waals surface area (Å²) in [5.74, 6) is 0.898. The van der Waals surface area contributed by atoms with Gasteiger partial charge in [-0.3, -0.25) is 10.0 Å². The largest absolute Gasteiger partial charge is 0.459 e. The minimum atomic E-state index is -0.559. The molecule has 130 valence electrons. The van der Waals surface area contributed by atoms with Crippen LogP contribution in [0.5, 0.6) is 5.75 Å². The number of fused-ring (bicyclic) bond motifs is 1. The summed E-state index contributed by atoms with van der Waals surface area (Å²) < 4.78 is 6.09. The molecule has 0 aromatic heterocycles. The van der Waals surface area contributed by atoms with Crippen molar-refractivity contribution in [3.8, 4) is 5.75 Å². The molecule has 0 spiro atoms. The molecule has 0 bridgehead atoms. The number of ether oxygens (including phenoxy) is 1. The minimum Gasteiger partial charge on any atom is -0.459 e. The molecule has 0 fully saturated rings. The minimum absolute atomic E-state index is 0.117. The van der Waals surface area contributed by atoms with Crippen LogP contribution in [0.4, 0.5) is 0 Å². The number of nitrogens with zero attached hydrogens (tertiary/aromatic N) is 1. The molecule has 2 aromatic carbocycles. The number of allylic oxidation sites excluding steroid dienone is 3. The van der Waals surface area contributed by atoms with E-state index >= 15 is 0 Å². The van der Waals surface area contributed by atoms with Gasteiger partial charge < -0.3 is 4.74 Å². The molecule has 2 aromatic rings. The third kappa shape index (κ3) is 3.03. The molecule has 2 aliphatic rings. The molecule has 6 heteroatoms. The van der Waals surface area contributed by atoms with Crippen LogP contribution in [-0.4, -0.2) is 22.2 Å². The van der Waals surface area contributed by atoms with E-state index in [1.165, 1.54) is 0 Å². The van der Waals surface area contributed by atoms with Gasteiger partial charge in [0.2, 0.25) is 0 Å². The summed E-state index contributed by atoms with van der Waals surface area (Å²) in [5, 5.41) is 8.64. The maximum atomic E-state index is 11.5. The lowest BCUT2D eigenvalue weighted by Gasteiger charge is -2.16. The molecule has 1 heterocycles. The highest BCUT2D eigenvalue weighted by Gasteiger charge is 2.23. The second-order valence-corrected chi connectivity index (χ2v) is 6.53. The average molecular weight is 367 g/mol. The molecule has 0 saturated carbocycles. The molecule has 0 saturated heterocycles. The van der Waals surface area contributed by atoms with E-state index in [1.54, 1.807) is 29.7 Å². The molecule has 26 heavy (non-hydrogen) atoms.